The van der Waals surface area contributed by atoms with Crippen LogP contribution in [0.5, 0.6) is 0 Å². The third-order valence-electron chi connectivity index (χ3n) is 5.98. The minimum atomic E-state index is -0.101. The molecule has 1 unspecified atom stereocenters. The molecule has 1 aliphatic rings. The first-order valence-electron chi connectivity index (χ1n) is 9.95. The molecular weight excluding hydrogens is 370 g/mol. The lowest BCUT2D eigenvalue weighted by molar-refractivity contribution is -0.920. The smallest absolute Gasteiger partial charge is 0.282 e. The van der Waals surface area contributed by atoms with E-state index in [1.165, 1.54) is 14.6 Å². The minimum Gasteiger partial charge on any atom is -0.324 e. The van der Waals surface area contributed by atoms with Gasteiger partial charge in [0.25, 0.3) is 5.91 Å². The van der Waals surface area contributed by atoms with E-state index in [9.17, 15) is 4.79 Å². The van der Waals surface area contributed by atoms with Crippen molar-refractivity contribution in [2.75, 3.05) is 18.4 Å². The van der Waals surface area contributed by atoms with Crippen LogP contribution >= 0.6 is 11.3 Å². The first-order chi connectivity index (χ1) is 13.4. The van der Waals surface area contributed by atoms with Crippen molar-refractivity contribution in [2.24, 2.45) is 7.05 Å². The molecule has 3 atom stereocenters. The number of nitrogens with one attached hydrogen (secondary N) is 2. The molecule has 0 saturated carbocycles. The molecule has 148 valence electrons. The highest BCUT2D eigenvalue weighted by Crippen LogP contribution is 2.30. The molecule has 1 aromatic carbocycles. The predicted molar refractivity (Wildman–Crippen MR) is 113 cm³/mol. The molecule has 2 aromatic heterocycles. The first-order valence-corrected chi connectivity index (χ1v) is 10.8. The van der Waals surface area contributed by atoms with Crippen molar-refractivity contribution in [1.82, 2.24) is 14.8 Å². The number of carbonyl (C=O) groups is 1. The van der Waals surface area contributed by atoms with Crippen molar-refractivity contribution >= 4 is 33.1 Å². The van der Waals surface area contributed by atoms with Crippen molar-refractivity contribution in [3.05, 3.63) is 40.7 Å². The van der Waals surface area contributed by atoms with Crippen LogP contribution in [0, 0.1) is 13.8 Å². The number of carbonyl (C=O) groups excluding carboxylic acids is 1. The van der Waals surface area contributed by atoms with Crippen LogP contribution in [0.1, 0.15) is 42.1 Å². The minimum absolute atomic E-state index is 0.0687. The predicted octanol–water partition coefficient (Wildman–Crippen LogP) is 2.44. The Balaban J connectivity index is 1.46. The van der Waals surface area contributed by atoms with Gasteiger partial charge in [-0.15, -0.1) is 11.3 Å². The summed E-state index contributed by atoms with van der Waals surface area (Å²) in [5.74, 6) is 0.498. The zero-order chi connectivity index (χ0) is 19.8. The van der Waals surface area contributed by atoms with E-state index >= 15 is 0 Å². The molecule has 3 heterocycles. The van der Waals surface area contributed by atoms with Crippen molar-refractivity contribution in [3.8, 4) is 0 Å². The molecule has 3 aromatic rings. The SMILES string of the molecule is Cc1nn(C)c(C)c1NC(=O)[C@H](C)[NH+]1CCC[C@H](c2nc3ccccc3s2)C1. The number of para-hydroxylation sites is 1. The molecule has 0 radical (unpaired) electrons. The van der Waals surface area contributed by atoms with E-state index in [1.807, 2.05) is 38.6 Å². The Kier molecular flexibility index (Phi) is 5.21. The molecule has 1 saturated heterocycles. The summed E-state index contributed by atoms with van der Waals surface area (Å²) in [5, 5.41) is 8.73. The number of benzene rings is 1. The molecule has 28 heavy (non-hydrogen) atoms. The van der Waals surface area contributed by atoms with Crippen LogP contribution in [0.3, 0.4) is 0 Å². The molecule has 2 N–H and O–H groups in total. The van der Waals surface area contributed by atoms with Gasteiger partial charge in [0, 0.05) is 7.05 Å². The van der Waals surface area contributed by atoms with Crippen molar-refractivity contribution in [2.45, 2.75) is 45.6 Å². The molecule has 0 spiro atoms. The van der Waals surface area contributed by atoms with Gasteiger partial charge in [-0.1, -0.05) is 12.1 Å². The summed E-state index contributed by atoms with van der Waals surface area (Å²) >= 11 is 1.80. The average molecular weight is 399 g/mol. The van der Waals surface area contributed by atoms with E-state index in [4.69, 9.17) is 4.98 Å². The molecular formula is C21H28N5OS+. The number of piperidine rings is 1. The molecule has 7 heteroatoms. The summed E-state index contributed by atoms with van der Waals surface area (Å²) < 4.78 is 3.06. The van der Waals surface area contributed by atoms with Crippen LogP contribution in [-0.2, 0) is 11.8 Å². The summed E-state index contributed by atoms with van der Waals surface area (Å²) in [7, 11) is 1.90. The Morgan fingerprint density at radius 1 is 1.36 bits per heavy atom. The van der Waals surface area contributed by atoms with E-state index < -0.39 is 0 Å². The van der Waals surface area contributed by atoms with E-state index in [2.05, 4.69) is 28.6 Å². The second kappa shape index (κ2) is 7.64. The lowest BCUT2D eigenvalue weighted by atomic mass is 9.97. The van der Waals surface area contributed by atoms with Crippen molar-refractivity contribution in [3.63, 3.8) is 0 Å². The largest absolute Gasteiger partial charge is 0.324 e. The maximum atomic E-state index is 12.9. The quantitative estimate of drug-likeness (QED) is 0.710. The molecule has 4 rings (SSSR count). The molecule has 0 bridgehead atoms. The Labute approximate surface area is 169 Å². The number of hydrogen-bond acceptors (Lipinski definition) is 4. The lowest BCUT2D eigenvalue weighted by Gasteiger charge is -2.32. The van der Waals surface area contributed by atoms with Crippen LogP contribution < -0.4 is 10.2 Å². The number of likely N-dealkylation sites (tertiary alicyclic amines) is 1. The number of rotatable bonds is 4. The van der Waals surface area contributed by atoms with Gasteiger partial charge in [-0.2, -0.15) is 5.10 Å². The number of nitrogens with zero attached hydrogens (tertiary/aromatic N) is 3. The van der Waals surface area contributed by atoms with Crippen LogP contribution in [0.15, 0.2) is 24.3 Å². The molecule has 6 nitrogen and oxygen atoms in total. The van der Waals surface area contributed by atoms with Crippen LogP contribution in [0.4, 0.5) is 5.69 Å². The topological polar surface area (TPSA) is 64.2 Å². The van der Waals surface area contributed by atoms with Gasteiger partial charge in [-0.25, -0.2) is 4.98 Å². The van der Waals surface area contributed by atoms with Gasteiger partial charge in [0.2, 0.25) is 0 Å². The van der Waals surface area contributed by atoms with Crippen LogP contribution in [0.25, 0.3) is 10.2 Å². The monoisotopic (exact) mass is 398 g/mol. The normalized spacial score (nSPS) is 21.0. The fraction of sp³-hybridized carbons (Fsp3) is 0.476. The standard InChI is InChI=1S/C21H27N5OS/c1-13-19(14(2)25(4)24-13)23-20(27)15(3)26-11-7-8-16(12-26)21-22-17-9-5-6-10-18(17)28-21/h5-6,9-10,15-16H,7-8,11-12H2,1-4H3,(H,23,27)/p+1/t15-,16-/m0/s1. The number of anilines is 1. The fourth-order valence-electron chi connectivity index (χ4n) is 4.14. The number of quaternary nitrogens is 1. The Morgan fingerprint density at radius 2 is 2.14 bits per heavy atom. The molecule has 1 fully saturated rings. The zero-order valence-electron chi connectivity index (χ0n) is 17.0. The third-order valence-corrected chi connectivity index (χ3v) is 7.18. The Bertz CT molecular complexity index is 975. The van der Waals surface area contributed by atoms with E-state index in [0.717, 1.165) is 48.5 Å². The van der Waals surface area contributed by atoms with Gasteiger partial charge >= 0.3 is 0 Å². The molecule has 0 aliphatic carbocycles. The van der Waals surface area contributed by atoms with Gasteiger partial charge in [0.1, 0.15) is 5.01 Å². The van der Waals surface area contributed by atoms with Gasteiger partial charge in [0.05, 0.1) is 46.3 Å². The number of aryl methyl sites for hydroxylation is 2. The highest BCUT2D eigenvalue weighted by molar-refractivity contribution is 7.18. The number of fused-ring (bicyclic) bond motifs is 1. The third kappa shape index (κ3) is 3.56. The van der Waals surface area contributed by atoms with E-state index in [0.29, 0.717) is 5.92 Å². The van der Waals surface area contributed by atoms with E-state index in [-0.39, 0.29) is 11.9 Å². The molecule has 1 aliphatic heterocycles. The average Bonchev–Trinajstić information content (AvgIpc) is 3.24. The van der Waals surface area contributed by atoms with Gasteiger partial charge in [-0.05, 0) is 45.7 Å². The van der Waals surface area contributed by atoms with Gasteiger partial charge in [0.15, 0.2) is 6.04 Å². The number of aromatic nitrogens is 3. The lowest BCUT2D eigenvalue weighted by Crippen LogP contribution is -3.17. The summed E-state index contributed by atoms with van der Waals surface area (Å²) in [6.07, 6.45) is 2.27. The fourth-order valence-corrected chi connectivity index (χ4v) is 5.24. The summed E-state index contributed by atoms with van der Waals surface area (Å²) in [6, 6.07) is 8.23. The number of amides is 1. The maximum Gasteiger partial charge on any atom is 0.282 e. The van der Waals surface area contributed by atoms with Gasteiger partial charge in [-0.3, -0.25) is 9.48 Å². The van der Waals surface area contributed by atoms with Gasteiger partial charge < -0.3 is 10.2 Å². The highest BCUT2D eigenvalue weighted by atomic mass is 32.1. The first kappa shape index (κ1) is 19.1. The number of thiazole rings is 1. The Morgan fingerprint density at radius 3 is 2.86 bits per heavy atom. The number of hydrogen-bond donors (Lipinski definition) is 2. The summed E-state index contributed by atoms with van der Waals surface area (Å²) in [5.41, 5.74) is 3.78. The Hall–Kier alpha value is -2.25. The van der Waals surface area contributed by atoms with Crippen LogP contribution in [0.2, 0.25) is 0 Å². The summed E-state index contributed by atoms with van der Waals surface area (Å²) in [4.78, 5) is 19.1. The van der Waals surface area contributed by atoms with Crippen molar-refractivity contribution < 1.29 is 9.69 Å². The second-order valence-corrected chi connectivity index (χ2v) is 8.91. The second-order valence-electron chi connectivity index (χ2n) is 7.85. The highest BCUT2D eigenvalue weighted by Gasteiger charge is 2.33. The van der Waals surface area contributed by atoms with Crippen LogP contribution in [-0.4, -0.2) is 39.8 Å². The van der Waals surface area contributed by atoms with E-state index in [1.54, 1.807) is 11.3 Å². The molecule has 1 amide bonds. The zero-order valence-corrected chi connectivity index (χ0v) is 17.8. The van der Waals surface area contributed by atoms with Crippen molar-refractivity contribution in [1.29, 1.82) is 0 Å². The summed E-state index contributed by atoms with van der Waals surface area (Å²) in [6.45, 7) is 7.94. The maximum absolute atomic E-state index is 12.9.